The number of halogens is 3. The van der Waals surface area contributed by atoms with Crippen molar-refractivity contribution in [3.63, 3.8) is 0 Å². The Kier molecular flexibility index (Phi) is 4.78. The number of benzene rings is 1. The molecule has 6 heteroatoms. The first-order valence-corrected chi connectivity index (χ1v) is 7.14. The molecule has 0 aliphatic carbocycles. The molecule has 0 spiro atoms. The first-order chi connectivity index (χ1) is 9.82. The summed E-state index contributed by atoms with van der Waals surface area (Å²) in [5, 5.41) is 0. The molecule has 0 bridgehead atoms. The molecule has 1 fully saturated rings. The first-order valence-electron chi connectivity index (χ1n) is 7.14. The Morgan fingerprint density at radius 3 is 2.62 bits per heavy atom. The van der Waals surface area contributed by atoms with Gasteiger partial charge in [0.25, 0.3) is 0 Å². The third-order valence-corrected chi connectivity index (χ3v) is 4.11. The van der Waals surface area contributed by atoms with E-state index >= 15 is 0 Å². The molecule has 2 rings (SSSR count). The molecule has 0 saturated carbocycles. The number of rotatable bonds is 3. The second kappa shape index (κ2) is 6.23. The van der Waals surface area contributed by atoms with Crippen LogP contribution in [0.25, 0.3) is 0 Å². The fourth-order valence-corrected chi connectivity index (χ4v) is 2.81. The maximum atomic E-state index is 13.1. The van der Waals surface area contributed by atoms with Crippen LogP contribution in [0.1, 0.15) is 24.0 Å². The average Bonchev–Trinajstić information content (AvgIpc) is 2.45. The molecular formula is C15H22F3N3. The molecule has 21 heavy (non-hydrogen) atoms. The first kappa shape index (κ1) is 16.1. The Morgan fingerprint density at radius 1 is 1.33 bits per heavy atom. The number of hydrogen-bond donors (Lipinski definition) is 1. The summed E-state index contributed by atoms with van der Waals surface area (Å²) in [6.45, 7) is 1.45. The molecular weight excluding hydrogens is 279 g/mol. The second-order valence-corrected chi connectivity index (χ2v) is 5.75. The summed E-state index contributed by atoms with van der Waals surface area (Å²) in [6.07, 6.45) is -2.29. The van der Waals surface area contributed by atoms with Crippen LogP contribution in [0.5, 0.6) is 0 Å². The van der Waals surface area contributed by atoms with Crippen molar-refractivity contribution in [1.29, 1.82) is 0 Å². The summed E-state index contributed by atoms with van der Waals surface area (Å²) in [7, 11) is 4.01. The Morgan fingerprint density at radius 2 is 2.05 bits per heavy atom. The number of nitrogens with zero attached hydrogens (tertiary/aromatic N) is 2. The summed E-state index contributed by atoms with van der Waals surface area (Å²) >= 11 is 0. The molecule has 0 radical (unpaired) electrons. The van der Waals surface area contributed by atoms with Gasteiger partial charge in [-0.2, -0.15) is 13.2 Å². The molecule has 1 aromatic carbocycles. The Balaban J connectivity index is 2.28. The molecule has 1 unspecified atom stereocenters. The van der Waals surface area contributed by atoms with Gasteiger partial charge in [-0.3, -0.25) is 0 Å². The monoisotopic (exact) mass is 301 g/mol. The van der Waals surface area contributed by atoms with Crippen LogP contribution in [-0.4, -0.2) is 38.1 Å². The molecule has 2 N–H and O–H groups in total. The van der Waals surface area contributed by atoms with Crippen molar-refractivity contribution >= 4 is 5.69 Å². The normalized spacial score (nSPS) is 20.1. The number of hydrogen-bond acceptors (Lipinski definition) is 3. The van der Waals surface area contributed by atoms with E-state index in [4.69, 9.17) is 5.73 Å². The number of piperidine rings is 1. The van der Waals surface area contributed by atoms with E-state index in [1.165, 1.54) is 12.1 Å². The van der Waals surface area contributed by atoms with Crippen molar-refractivity contribution in [2.75, 3.05) is 32.1 Å². The van der Waals surface area contributed by atoms with Crippen molar-refractivity contribution in [3.05, 3.63) is 29.3 Å². The molecule has 1 saturated heterocycles. The molecule has 1 aliphatic rings. The zero-order chi connectivity index (χ0) is 15.6. The lowest BCUT2D eigenvalue weighted by molar-refractivity contribution is -0.138. The van der Waals surface area contributed by atoms with E-state index in [0.29, 0.717) is 11.7 Å². The van der Waals surface area contributed by atoms with E-state index < -0.39 is 11.7 Å². The van der Waals surface area contributed by atoms with Gasteiger partial charge in [-0.05, 0) is 44.6 Å². The fourth-order valence-electron chi connectivity index (χ4n) is 2.81. The minimum absolute atomic E-state index is 0.102. The molecule has 1 aliphatic heterocycles. The van der Waals surface area contributed by atoms with E-state index in [-0.39, 0.29) is 12.1 Å². The molecule has 0 amide bonds. The van der Waals surface area contributed by atoms with Crippen molar-refractivity contribution < 1.29 is 13.2 Å². The quantitative estimate of drug-likeness (QED) is 0.931. The number of anilines is 1. The van der Waals surface area contributed by atoms with Crippen molar-refractivity contribution in [2.45, 2.75) is 31.6 Å². The summed E-state index contributed by atoms with van der Waals surface area (Å²) in [6, 6.07) is 4.86. The highest BCUT2D eigenvalue weighted by molar-refractivity contribution is 5.52. The lowest BCUT2D eigenvalue weighted by Crippen LogP contribution is -2.45. The Labute approximate surface area is 123 Å². The van der Waals surface area contributed by atoms with E-state index in [9.17, 15) is 13.2 Å². The molecule has 1 heterocycles. The summed E-state index contributed by atoms with van der Waals surface area (Å²) in [5.41, 5.74) is 5.58. The molecule has 1 atom stereocenters. The van der Waals surface area contributed by atoms with Gasteiger partial charge in [0.2, 0.25) is 0 Å². The largest absolute Gasteiger partial charge is 0.416 e. The average molecular weight is 301 g/mol. The Hall–Kier alpha value is -1.27. The van der Waals surface area contributed by atoms with Gasteiger partial charge < -0.3 is 15.5 Å². The van der Waals surface area contributed by atoms with Crippen molar-refractivity contribution in [1.82, 2.24) is 4.90 Å². The number of nitrogens with two attached hydrogens (primary N) is 1. The predicted molar refractivity (Wildman–Crippen MR) is 78.3 cm³/mol. The molecule has 0 aromatic heterocycles. The smallest absolute Gasteiger partial charge is 0.370 e. The zero-order valence-electron chi connectivity index (χ0n) is 12.5. The van der Waals surface area contributed by atoms with E-state index in [1.54, 1.807) is 6.07 Å². The van der Waals surface area contributed by atoms with Crippen LogP contribution in [0.15, 0.2) is 18.2 Å². The van der Waals surface area contributed by atoms with Crippen LogP contribution >= 0.6 is 0 Å². The van der Waals surface area contributed by atoms with Crippen LogP contribution in [0.4, 0.5) is 18.9 Å². The minimum atomic E-state index is -4.36. The molecule has 3 nitrogen and oxygen atoms in total. The number of alkyl halides is 3. The fraction of sp³-hybridized carbons (Fsp3) is 0.600. The highest BCUT2D eigenvalue weighted by Crippen LogP contribution is 2.35. The lowest BCUT2D eigenvalue weighted by Gasteiger charge is -2.37. The van der Waals surface area contributed by atoms with Gasteiger partial charge in [0.15, 0.2) is 0 Å². The summed E-state index contributed by atoms with van der Waals surface area (Å²) < 4.78 is 39.3. The van der Waals surface area contributed by atoms with Crippen molar-refractivity contribution in [3.8, 4) is 0 Å². The Bertz CT molecular complexity index is 486. The molecule has 118 valence electrons. The van der Waals surface area contributed by atoms with Gasteiger partial charge in [-0.15, -0.1) is 0 Å². The van der Waals surface area contributed by atoms with Gasteiger partial charge in [0, 0.05) is 31.4 Å². The standard InChI is InChI=1S/C15H22F3N3/c1-20(2)13-4-3-7-21(10-13)12-6-5-11(9-19)14(8-12)15(16,17)18/h5-6,8,13H,3-4,7,9-10,19H2,1-2H3. The highest BCUT2D eigenvalue weighted by Gasteiger charge is 2.34. The van der Waals surface area contributed by atoms with Gasteiger partial charge in [-0.25, -0.2) is 0 Å². The predicted octanol–water partition coefficient (Wildman–Crippen LogP) is 2.69. The summed E-state index contributed by atoms with van der Waals surface area (Å²) in [4.78, 5) is 4.16. The maximum Gasteiger partial charge on any atom is 0.416 e. The van der Waals surface area contributed by atoms with Crippen molar-refractivity contribution in [2.24, 2.45) is 5.73 Å². The van der Waals surface area contributed by atoms with Gasteiger partial charge in [0.05, 0.1) is 5.56 Å². The third-order valence-electron chi connectivity index (χ3n) is 4.11. The van der Waals surface area contributed by atoms with Crippen LogP contribution in [0, 0.1) is 0 Å². The van der Waals surface area contributed by atoms with Crippen LogP contribution in [0.3, 0.4) is 0 Å². The van der Waals surface area contributed by atoms with Gasteiger partial charge in [-0.1, -0.05) is 6.07 Å². The lowest BCUT2D eigenvalue weighted by atomic mass is 10.0. The number of likely N-dealkylation sites (N-methyl/N-ethyl adjacent to an activating group) is 1. The zero-order valence-corrected chi connectivity index (χ0v) is 12.5. The maximum absolute atomic E-state index is 13.1. The third kappa shape index (κ3) is 3.68. The van der Waals surface area contributed by atoms with E-state index in [1.807, 2.05) is 19.0 Å². The van der Waals surface area contributed by atoms with Crippen LogP contribution in [0.2, 0.25) is 0 Å². The van der Waals surface area contributed by atoms with E-state index in [0.717, 1.165) is 25.9 Å². The summed E-state index contributed by atoms with van der Waals surface area (Å²) in [5.74, 6) is 0. The SMILES string of the molecule is CN(C)C1CCCN(c2ccc(CN)c(C(F)(F)F)c2)C1. The highest BCUT2D eigenvalue weighted by atomic mass is 19.4. The van der Waals surface area contributed by atoms with E-state index in [2.05, 4.69) is 4.90 Å². The topological polar surface area (TPSA) is 32.5 Å². The molecule has 1 aromatic rings. The second-order valence-electron chi connectivity index (χ2n) is 5.75. The van der Waals surface area contributed by atoms with Crippen LogP contribution < -0.4 is 10.6 Å². The minimum Gasteiger partial charge on any atom is -0.370 e. The van der Waals surface area contributed by atoms with Gasteiger partial charge in [0.1, 0.15) is 0 Å². The van der Waals surface area contributed by atoms with Crippen LogP contribution in [-0.2, 0) is 12.7 Å². The van der Waals surface area contributed by atoms with Gasteiger partial charge >= 0.3 is 6.18 Å².